The average Bonchev–Trinajstić information content (AvgIpc) is 2.90. The van der Waals surface area contributed by atoms with Crippen LogP contribution in [-0.2, 0) is 6.54 Å². The lowest BCUT2D eigenvalue weighted by atomic mass is 10.0. The molecule has 0 aromatic carbocycles. The maximum Gasteiger partial charge on any atom is 0.0931 e. The van der Waals surface area contributed by atoms with Crippen LogP contribution in [0.2, 0.25) is 4.34 Å². The molecule has 17 heavy (non-hydrogen) atoms. The second kappa shape index (κ2) is 6.01. The molecular formula is C13H16ClNS2. The third-order valence-electron chi connectivity index (χ3n) is 2.64. The van der Waals surface area contributed by atoms with Crippen molar-refractivity contribution >= 4 is 34.3 Å². The number of thiophene rings is 2. The number of rotatable bonds is 5. The number of hydrogen-bond donors (Lipinski definition) is 1. The summed E-state index contributed by atoms with van der Waals surface area (Å²) >= 11 is 9.39. The summed E-state index contributed by atoms with van der Waals surface area (Å²) < 4.78 is 0.860. The van der Waals surface area contributed by atoms with E-state index in [4.69, 9.17) is 11.6 Å². The first-order valence-electron chi connectivity index (χ1n) is 5.68. The smallest absolute Gasteiger partial charge is 0.0931 e. The van der Waals surface area contributed by atoms with E-state index in [0.29, 0.717) is 12.0 Å². The summed E-state index contributed by atoms with van der Waals surface area (Å²) in [6, 6.07) is 8.78. The zero-order valence-corrected chi connectivity index (χ0v) is 12.3. The molecule has 0 aliphatic heterocycles. The second-order valence-electron chi connectivity index (χ2n) is 4.32. The summed E-state index contributed by atoms with van der Waals surface area (Å²) in [5.41, 5.74) is 0. The zero-order valence-electron chi connectivity index (χ0n) is 9.94. The number of nitrogens with one attached hydrogen (secondary N) is 1. The fourth-order valence-corrected chi connectivity index (χ4v) is 3.80. The van der Waals surface area contributed by atoms with Gasteiger partial charge < -0.3 is 5.32 Å². The van der Waals surface area contributed by atoms with Crippen LogP contribution in [-0.4, -0.2) is 0 Å². The molecule has 2 rings (SSSR count). The van der Waals surface area contributed by atoms with Gasteiger partial charge in [-0.05, 0) is 29.5 Å². The first-order valence-corrected chi connectivity index (χ1v) is 7.75. The third-order valence-corrected chi connectivity index (χ3v) is 4.83. The molecule has 0 bridgehead atoms. The van der Waals surface area contributed by atoms with Crippen LogP contribution in [0.25, 0.3) is 0 Å². The lowest BCUT2D eigenvalue weighted by Gasteiger charge is -2.20. The lowest BCUT2D eigenvalue weighted by Crippen LogP contribution is -2.24. The minimum absolute atomic E-state index is 0.427. The van der Waals surface area contributed by atoms with Crippen molar-refractivity contribution < 1.29 is 0 Å². The van der Waals surface area contributed by atoms with Crippen LogP contribution in [0.5, 0.6) is 0 Å². The third kappa shape index (κ3) is 3.55. The molecule has 0 radical (unpaired) electrons. The van der Waals surface area contributed by atoms with Crippen LogP contribution in [0.1, 0.15) is 29.6 Å². The number of halogens is 1. The molecule has 1 atom stereocenters. The van der Waals surface area contributed by atoms with Crippen LogP contribution in [0.3, 0.4) is 0 Å². The molecule has 0 spiro atoms. The summed E-state index contributed by atoms with van der Waals surface area (Å²) in [4.78, 5) is 2.69. The Morgan fingerprint density at radius 1 is 1.29 bits per heavy atom. The van der Waals surface area contributed by atoms with Gasteiger partial charge in [-0.2, -0.15) is 0 Å². The normalized spacial score (nSPS) is 13.2. The van der Waals surface area contributed by atoms with Crippen molar-refractivity contribution in [2.75, 3.05) is 0 Å². The SMILES string of the molecule is CC(C)C(NCc1ccc(Cl)s1)c1cccs1. The molecule has 1 unspecified atom stereocenters. The standard InChI is InChI=1S/C13H16ClNS2/c1-9(2)13(11-4-3-7-16-11)15-8-10-5-6-12(14)17-10/h3-7,9,13,15H,8H2,1-2H3. The van der Waals surface area contributed by atoms with Crippen LogP contribution in [0.15, 0.2) is 29.6 Å². The molecule has 2 aromatic heterocycles. The first kappa shape index (κ1) is 13.1. The van der Waals surface area contributed by atoms with Gasteiger partial charge in [-0.1, -0.05) is 31.5 Å². The van der Waals surface area contributed by atoms with Gasteiger partial charge in [0.05, 0.1) is 4.34 Å². The fraction of sp³-hybridized carbons (Fsp3) is 0.385. The molecule has 92 valence electrons. The van der Waals surface area contributed by atoms with Gasteiger partial charge in [0.1, 0.15) is 0 Å². The highest BCUT2D eigenvalue weighted by molar-refractivity contribution is 7.16. The van der Waals surface area contributed by atoms with Crippen LogP contribution in [0.4, 0.5) is 0 Å². The summed E-state index contributed by atoms with van der Waals surface area (Å²) in [6.45, 7) is 5.38. The Hall–Kier alpha value is -0.350. The van der Waals surface area contributed by atoms with Gasteiger partial charge >= 0.3 is 0 Å². The van der Waals surface area contributed by atoms with Crippen LogP contribution in [0, 0.1) is 5.92 Å². The van der Waals surface area contributed by atoms with Crippen LogP contribution >= 0.6 is 34.3 Å². The first-order chi connectivity index (χ1) is 8.16. The predicted octanol–water partition coefficient (Wildman–Crippen LogP) is 4.95. The fourth-order valence-electron chi connectivity index (χ4n) is 1.79. The van der Waals surface area contributed by atoms with E-state index in [2.05, 4.69) is 42.7 Å². The summed E-state index contributed by atoms with van der Waals surface area (Å²) in [5.74, 6) is 0.587. The van der Waals surface area contributed by atoms with Gasteiger partial charge in [0, 0.05) is 22.3 Å². The number of hydrogen-bond acceptors (Lipinski definition) is 3. The van der Waals surface area contributed by atoms with Gasteiger partial charge in [-0.25, -0.2) is 0 Å². The molecule has 4 heteroatoms. The van der Waals surface area contributed by atoms with E-state index < -0.39 is 0 Å². The molecule has 0 saturated carbocycles. The maximum absolute atomic E-state index is 5.93. The van der Waals surface area contributed by atoms with Crippen molar-refractivity contribution in [1.29, 1.82) is 0 Å². The zero-order chi connectivity index (χ0) is 12.3. The van der Waals surface area contributed by atoms with E-state index in [1.807, 2.05) is 17.4 Å². The topological polar surface area (TPSA) is 12.0 Å². The highest BCUT2D eigenvalue weighted by atomic mass is 35.5. The summed E-state index contributed by atoms with van der Waals surface area (Å²) in [6.07, 6.45) is 0. The van der Waals surface area contributed by atoms with E-state index in [1.54, 1.807) is 11.3 Å². The Bertz CT molecular complexity index is 448. The van der Waals surface area contributed by atoms with Gasteiger partial charge in [-0.3, -0.25) is 0 Å². The van der Waals surface area contributed by atoms with Crippen molar-refractivity contribution in [2.24, 2.45) is 5.92 Å². The quantitative estimate of drug-likeness (QED) is 0.819. The van der Waals surface area contributed by atoms with E-state index in [0.717, 1.165) is 10.9 Å². The van der Waals surface area contributed by atoms with Crippen molar-refractivity contribution in [1.82, 2.24) is 5.32 Å². The molecule has 1 N–H and O–H groups in total. The molecule has 2 aromatic rings. The molecule has 1 nitrogen and oxygen atoms in total. The van der Waals surface area contributed by atoms with Gasteiger partial charge in [0.2, 0.25) is 0 Å². The van der Waals surface area contributed by atoms with Crippen molar-refractivity contribution in [3.05, 3.63) is 43.7 Å². The Labute approximate surface area is 115 Å². The van der Waals surface area contributed by atoms with E-state index in [-0.39, 0.29) is 0 Å². The van der Waals surface area contributed by atoms with E-state index >= 15 is 0 Å². The highest BCUT2D eigenvalue weighted by Gasteiger charge is 2.16. The lowest BCUT2D eigenvalue weighted by molar-refractivity contribution is 0.418. The second-order valence-corrected chi connectivity index (χ2v) is 7.10. The summed E-state index contributed by atoms with van der Waals surface area (Å²) in [7, 11) is 0. The molecule has 0 fully saturated rings. The van der Waals surface area contributed by atoms with Gasteiger partial charge in [0.15, 0.2) is 0 Å². The maximum atomic E-state index is 5.93. The molecule has 0 amide bonds. The van der Waals surface area contributed by atoms with E-state index in [9.17, 15) is 0 Å². The van der Waals surface area contributed by atoms with E-state index in [1.165, 1.54) is 9.75 Å². The monoisotopic (exact) mass is 285 g/mol. The average molecular weight is 286 g/mol. The Balaban J connectivity index is 1.99. The molecule has 0 aliphatic rings. The minimum Gasteiger partial charge on any atom is -0.304 e. The largest absolute Gasteiger partial charge is 0.304 e. The molecule has 0 aliphatic carbocycles. The molecular weight excluding hydrogens is 270 g/mol. The van der Waals surface area contributed by atoms with Crippen molar-refractivity contribution in [2.45, 2.75) is 26.4 Å². The minimum atomic E-state index is 0.427. The Kier molecular flexibility index (Phi) is 4.62. The van der Waals surface area contributed by atoms with Gasteiger partial charge in [0.25, 0.3) is 0 Å². The van der Waals surface area contributed by atoms with Crippen molar-refractivity contribution in [3.63, 3.8) is 0 Å². The molecule has 0 saturated heterocycles. The Morgan fingerprint density at radius 2 is 2.12 bits per heavy atom. The highest BCUT2D eigenvalue weighted by Crippen LogP contribution is 2.27. The van der Waals surface area contributed by atoms with Crippen molar-refractivity contribution in [3.8, 4) is 0 Å². The summed E-state index contributed by atoms with van der Waals surface area (Å²) in [5, 5.41) is 5.75. The van der Waals surface area contributed by atoms with Gasteiger partial charge in [-0.15, -0.1) is 22.7 Å². The van der Waals surface area contributed by atoms with Crippen LogP contribution < -0.4 is 5.32 Å². The Morgan fingerprint density at radius 3 is 2.65 bits per heavy atom. The molecule has 2 heterocycles. The predicted molar refractivity (Wildman–Crippen MR) is 78.1 cm³/mol.